The predicted octanol–water partition coefficient (Wildman–Crippen LogP) is 2.10. The molecule has 1 aliphatic rings. The smallest absolute Gasteiger partial charge is 0.337 e. The van der Waals surface area contributed by atoms with Crippen molar-refractivity contribution in [3.05, 3.63) is 52.8 Å². The van der Waals surface area contributed by atoms with Crippen molar-refractivity contribution in [3.8, 4) is 5.69 Å². The number of aromatic carboxylic acids is 1. The monoisotopic (exact) mass is 369 g/mol. The highest BCUT2D eigenvalue weighted by molar-refractivity contribution is 5.98. The molecule has 2 heterocycles. The van der Waals surface area contributed by atoms with Crippen molar-refractivity contribution in [2.24, 2.45) is 0 Å². The molecule has 1 aromatic heterocycles. The van der Waals surface area contributed by atoms with Crippen LogP contribution < -0.4 is 0 Å². The number of carbonyl (C=O) groups excluding carboxylic acids is 2. The molecule has 1 aromatic carbocycles. The normalized spacial score (nSPS) is 14.3. The molecule has 1 N–H and O–H groups in total. The van der Waals surface area contributed by atoms with Gasteiger partial charge in [-0.2, -0.15) is 0 Å². The number of aromatic nitrogens is 1. The Hall–Kier alpha value is -3.09. The number of benzene rings is 1. The van der Waals surface area contributed by atoms with Gasteiger partial charge in [-0.1, -0.05) is 12.1 Å². The number of carboxylic acids is 1. The van der Waals surface area contributed by atoms with Gasteiger partial charge in [0.15, 0.2) is 0 Å². The van der Waals surface area contributed by atoms with Gasteiger partial charge in [-0.3, -0.25) is 9.59 Å². The number of para-hydroxylation sites is 1. The van der Waals surface area contributed by atoms with E-state index in [1.165, 1.54) is 6.92 Å². The third-order valence-electron chi connectivity index (χ3n) is 5.05. The molecule has 27 heavy (non-hydrogen) atoms. The van der Waals surface area contributed by atoms with E-state index >= 15 is 0 Å². The van der Waals surface area contributed by atoms with E-state index in [1.54, 1.807) is 34.9 Å². The standard InChI is InChI=1S/C20H23N3O4/c1-13-12-17(20(26)27)14(2)23(13)18-7-5-4-6-16(18)19(25)22-10-8-21(9-11-22)15(3)24/h4-7,12H,8-11H2,1-3H3,(H,26,27). The molecule has 142 valence electrons. The second kappa shape index (κ2) is 7.26. The molecule has 1 fully saturated rings. The first kappa shape index (κ1) is 18.7. The van der Waals surface area contributed by atoms with Crippen LogP contribution in [0.4, 0.5) is 0 Å². The molecule has 0 unspecified atom stereocenters. The SMILES string of the molecule is CC(=O)N1CCN(C(=O)c2ccccc2-n2c(C)cc(C(=O)O)c2C)CC1. The topological polar surface area (TPSA) is 82.9 Å². The van der Waals surface area contributed by atoms with Crippen LogP contribution in [0, 0.1) is 13.8 Å². The van der Waals surface area contributed by atoms with Crippen molar-refractivity contribution in [2.45, 2.75) is 20.8 Å². The minimum atomic E-state index is -0.987. The lowest BCUT2D eigenvalue weighted by Crippen LogP contribution is -2.50. The van der Waals surface area contributed by atoms with E-state index in [0.717, 1.165) is 5.69 Å². The summed E-state index contributed by atoms with van der Waals surface area (Å²) in [5, 5.41) is 9.38. The molecule has 0 aliphatic carbocycles. The van der Waals surface area contributed by atoms with Crippen molar-refractivity contribution in [3.63, 3.8) is 0 Å². The number of carbonyl (C=O) groups is 3. The first-order valence-electron chi connectivity index (χ1n) is 8.87. The van der Waals surface area contributed by atoms with E-state index in [4.69, 9.17) is 0 Å². The summed E-state index contributed by atoms with van der Waals surface area (Å²) in [7, 11) is 0. The molecule has 0 radical (unpaired) electrons. The third-order valence-corrected chi connectivity index (χ3v) is 5.05. The lowest BCUT2D eigenvalue weighted by atomic mass is 10.1. The minimum Gasteiger partial charge on any atom is -0.478 e. The maximum absolute atomic E-state index is 13.1. The summed E-state index contributed by atoms with van der Waals surface area (Å²) < 4.78 is 1.81. The summed E-state index contributed by atoms with van der Waals surface area (Å²) in [5.74, 6) is -1.08. The van der Waals surface area contributed by atoms with E-state index in [2.05, 4.69) is 0 Å². The summed E-state index contributed by atoms with van der Waals surface area (Å²) in [4.78, 5) is 39.5. The van der Waals surface area contributed by atoms with Crippen LogP contribution in [0.1, 0.15) is 39.0 Å². The fourth-order valence-electron chi connectivity index (χ4n) is 3.59. The Morgan fingerprint density at radius 3 is 2.07 bits per heavy atom. The number of aryl methyl sites for hydroxylation is 1. The van der Waals surface area contributed by atoms with Crippen molar-refractivity contribution in [2.75, 3.05) is 26.2 Å². The molecular formula is C20H23N3O4. The Morgan fingerprint density at radius 1 is 0.926 bits per heavy atom. The van der Waals surface area contributed by atoms with Gasteiger partial charge >= 0.3 is 5.97 Å². The van der Waals surface area contributed by atoms with Gasteiger partial charge in [-0.05, 0) is 32.0 Å². The van der Waals surface area contributed by atoms with Gasteiger partial charge < -0.3 is 19.5 Å². The van der Waals surface area contributed by atoms with E-state index in [0.29, 0.717) is 43.1 Å². The number of hydrogen-bond acceptors (Lipinski definition) is 3. The molecule has 2 aromatic rings. The largest absolute Gasteiger partial charge is 0.478 e. The number of rotatable bonds is 3. The first-order valence-corrected chi connectivity index (χ1v) is 8.87. The molecule has 0 bridgehead atoms. The summed E-state index contributed by atoms with van der Waals surface area (Å²) in [6.45, 7) is 7.11. The van der Waals surface area contributed by atoms with Crippen molar-refractivity contribution >= 4 is 17.8 Å². The molecule has 1 saturated heterocycles. The Balaban J connectivity index is 1.95. The van der Waals surface area contributed by atoms with Crippen LogP contribution in [0.15, 0.2) is 30.3 Å². The van der Waals surface area contributed by atoms with Crippen molar-refractivity contribution in [1.29, 1.82) is 0 Å². The van der Waals surface area contributed by atoms with Gasteiger partial charge in [0.1, 0.15) is 0 Å². The average Bonchev–Trinajstić information content (AvgIpc) is 2.95. The summed E-state index contributed by atoms with van der Waals surface area (Å²) in [6.07, 6.45) is 0. The maximum Gasteiger partial charge on any atom is 0.337 e. The van der Waals surface area contributed by atoms with Gasteiger partial charge in [0.25, 0.3) is 5.91 Å². The molecule has 7 nitrogen and oxygen atoms in total. The molecule has 1 aliphatic heterocycles. The molecule has 3 rings (SSSR count). The highest BCUT2D eigenvalue weighted by Gasteiger charge is 2.26. The number of amides is 2. The van der Waals surface area contributed by atoms with Crippen LogP contribution in [0.3, 0.4) is 0 Å². The molecular weight excluding hydrogens is 346 g/mol. The predicted molar refractivity (Wildman–Crippen MR) is 100 cm³/mol. The van der Waals surface area contributed by atoms with Crippen molar-refractivity contribution in [1.82, 2.24) is 14.4 Å². The second-order valence-corrected chi connectivity index (χ2v) is 6.74. The Kier molecular flexibility index (Phi) is 5.03. The Bertz CT molecular complexity index is 908. The van der Waals surface area contributed by atoms with Crippen molar-refractivity contribution < 1.29 is 19.5 Å². The Labute approximate surface area is 157 Å². The maximum atomic E-state index is 13.1. The zero-order chi connectivity index (χ0) is 19.7. The lowest BCUT2D eigenvalue weighted by Gasteiger charge is -2.34. The van der Waals surface area contributed by atoms with Crippen LogP contribution >= 0.6 is 0 Å². The van der Waals surface area contributed by atoms with Gasteiger partial charge in [0, 0.05) is 44.5 Å². The van der Waals surface area contributed by atoms with Crippen LogP contribution in [0.5, 0.6) is 0 Å². The fourth-order valence-corrected chi connectivity index (χ4v) is 3.59. The second-order valence-electron chi connectivity index (χ2n) is 6.74. The zero-order valence-corrected chi connectivity index (χ0v) is 15.7. The van der Waals surface area contributed by atoms with E-state index in [-0.39, 0.29) is 17.4 Å². The third kappa shape index (κ3) is 3.45. The van der Waals surface area contributed by atoms with E-state index in [1.807, 2.05) is 23.6 Å². The average molecular weight is 369 g/mol. The number of nitrogens with zero attached hydrogens (tertiary/aromatic N) is 3. The summed E-state index contributed by atoms with van der Waals surface area (Å²) >= 11 is 0. The van der Waals surface area contributed by atoms with Crippen LogP contribution in [-0.2, 0) is 4.79 Å². The highest BCUT2D eigenvalue weighted by atomic mass is 16.4. The minimum absolute atomic E-state index is 0.0160. The van der Waals surface area contributed by atoms with Gasteiger partial charge in [0.05, 0.1) is 16.8 Å². The fraction of sp³-hybridized carbons (Fsp3) is 0.350. The van der Waals surface area contributed by atoms with E-state index in [9.17, 15) is 19.5 Å². The molecule has 0 saturated carbocycles. The number of hydrogen-bond donors (Lipinski definition) is 1. The quantitative estimate of drug-likeness (QED) is 0.898. The lowest BCUT2D eigenvalue weighted by molar-refractivity contribution is -0.130. The number of piperazine rings is 1. The number of carboxylic acid groups (broad SMARTS) is 1. The molecule has 7 heteroatoms. The van der Waals surface area contributed by atoms with Gasteiger partial charge in [0.2, 0.25) is 5.91 Å². The molecule has 0 spiro atoms. The van der Waals surface area contributed by atoms with Crippen LogP contribution in [0.25, 0.3) is 5.69 Å². The van der Waals surface area contributed by atoms with Crippen LogP contribution in [-0.4, -0.2) is 63.4 Å². The summed E-state index contributed by atoms with van der Waals surface area (Å²) in [5.41, 5.74) is 2.75. The summed E-state index contributed by atoms with van der Waals surface area (Å²) in [6, 6.07) is 8.83. The van der Waals surface area contributed by atoms with Crippen LogP contribution in [0.2, 0.25) is 0 Å². The molecule has 2 amide bonds. The zero-order valence-electron chi connectivity index (χ0n) is 15.7. The Morgan fingerprint density at radius 2 is 1.52 bits per heavy atom. The van der Waals surface area contributed by atoms with Gasteiger partial charge in [-0.15, -0.1) is 0 Å². The van der Waals surface area contributed by atoms with Gasteiger partial charge in [-0.25, -0.2) is 4.79 Å². The molecule has 0 atom stereocenters. The first-order chi connectivity index (χ1) is 12.8. The highest BCUT2D eigenvalue weighted by Crippen LogP contribution is 2.25. The van der Waals surface area contributed by atoms with E-state index < -0.39 is 5.97 Å².